The maximum Gasteiger partial charge on any atom is 0.410 e. The molecule has 0 aliphatic heterocycles. The lowest BCUT2D eigenvalue weighted by Gasteiger charge is -2.51. The summed E-state index contributed by atoms with van der Waals surface area (Å²) in [6.07, 6.45) is 2.21. The molecule has 7 nitrogen and oxygen atoms in total. The first-order valence-corrected chi connectivity index (χ1v) is 8.67. The van der Waals surface area contributed by atoms with Crippen LogP contribution in [0.15, 0.2) is 11.6 Å². The lowest BCUT2D eigenvalue weighted by molar-refractivity contribution is -0.169. The summed E-state index contributed by atoms with van der Waals surface area (Å²) in [6, 6.07) is 0. The van der Waals surface area contributed by atoms with E-state index in [1.54, 1.807) is 13.8 Å². The lowest BCUT2D eigenvalue weighted by Crippen LogP contribution is -2.53. The SMILES string of the molecule is CC1=C[C@H]2[C@H](C1)C[C@@]2(CNC(=O)O[C@@H](C)OC(=O)C(C)C)CC(=O)O. The first-order valence-electron chi connectivity index (χ1n) is 8.67. The van der Waals surface area contributed by atoms with Crippen LogP contribution in [0.3, 0.4) is 0 Å². The Balaban J connectivity index is 1.88. The van der Waals surface area contributed by atoms with Crippen LogP contribution < -0.4 is 5.32 Å². The summed E-state index contributed by atoms with van der Waals surface area (Å²) in [5, 5.41) is 11.9. The Morgan fingerprint density at radius 1 is 1.32 bits per heavy atom. The predicted molar refractivity (Wildman–Crippen MR) is 89.5 cm³/mol. The predicted octanol–water partition coefficient (Wildman–Crippen LogP) is 2.71. The molecule has 2 rings (SSSR count). The van der Waals surface area contributed by atoms with E-state index in [2.05, 4.69) is 18.3 Å². The smallest absolute Gasteiger partial charge is 0.410 e. The molecule has 0 aromatic rings. The number of ether oxygens (including phenoxy) is 2. The number of amides is 1. The Labute approximate surface area is 147 Å². The van der Waals surface area contributed by atoms with Crippen LogP contribution in [0, 0.1) is 23.2 Å². The summed E-state index contributed by atoms with van der Waals surface area (Å²) in [7, 11) is 0. The number of carboxylic acid groups (broad SMARTS) is 1. The minimum atomic E-state index is -0.993. The number of esters is 1. The molecule has 0 aromatic heterocycles. The molecule has 0 bridgehead atoms. The Morgan fingerprint density at radius 2 is 2.00 bits per heavy atom. The van der Waals surface area contributed by atoms with Gasteiger partial charge in [-0.25, -0.2) is 4.79 Å². The summed E-state index contributed by atoms with van der Waals surface area (Å²) < 4.78 is 9.99. The highest BCUT2D eigenvalue weighted by Crippen LogP contribution is 2.59. The Morgan fingerprint density at radius 3 is 2.56 bits per heavy atom. The van der Waals surface area contributed by atoms with E-state index in [1.807, 2.05) is 0 Å². The summed E-state index contributed by atoms with van der Waals surface area (Å²) >= 11 is 0. The fourth-order valence-electron chi connectivity index (χ4n) is 3.93. The lowest BCUT2D eigenvalue weighted by atomic mass is 9.53. The second-order valence-corrected chi connectivity index (χ2v) is 7.56. The summed E-state index contributed by atoms with van der Waals surface area (Å²) in [5.41, 5.74) is 0.810. The topological polar surface area (TPSA) is 102 Å². The third-order valence-electron chi connectivity index (χ3n) is 5.05. The molecule has 0 heterocycles. The molecule has 0 radical (unpaired) electrons. The van der Waals surface area contributed by atoms with Crippen LogP contribution in [-0.4, -0.2) is 36.0 Å². The Hall–Kier alpha value is -2.05. The molecule has 140 valence electrons. The number of carboxylic acids is 1. The summed E-state index contributed by atoms with van der Waals surface area (Å²) in [5.74, 6) is -0.970. The third kappa shape index (κ3) is 4.52. The van der Waals surface area contributed by atoms with Crippen molar-refractivity contribution in [1.82, 2.24) is 5.32 Å². The Bertz CT molecular complexity index is 584. The van der Waals surface area contributed by atoms with E-state index >= 15 is 0 Å². The summed E-state index contributed by atoms with van der Waals surface area (Å²) in [4.78, 5) is 34.7. The molecule has 0 saturated heterocycles. The van der Waals surface area contributed by atoms with E-state index in [9.17, 15) is 19.5 Å². The van der Waals surface area contributed by atoms with Crippen molar-refractivity contribution >= 4 is 18.0 Å². The van der Waals surface area contributed by atoms with Gasteiger partial charge in [0.25, 0.3) is 0 Å². The van der Waals surface area contributed by atoms with Crippen molar-refractivity contribution in [2.45, 2.75) is 53.2 Å². The number of carbonyl (C=O) groups excluding carboxylic acids is 2. The van der Waals surface area contributed by atoms with Crippen LogP contribution >= 0.6 is 0 Å². The Kier molecular flexibility index (Phi) is 5.75. The number of aliphatic carboxylic acids is 1. The van der Waals surface area contributed by atoms with Gasteiger partial charge in [0.05, 0.1) is 12.3 Å². The molecule has 25 heavy (non-hydrogen) atoms. The summed E-state index contributed by atoms with van der Waals surface area (Å²) in [6.45, 7) is 7.13. The number of rotatable bonds is 7. The average Bonchev–Trinajstić information content (AvgIpc) is 2.79. The molecular formula is C18H27NO6. The number of allylic oxidation sites excluding steroid dienone is 2. The van der Waals surface area contributed by atoms with Gasteiger partial charge in [0.2, 0.25) is 6.29 Å². The minimum absolute atomic E-state index is 0.0100. The van der Waals surface area contributed by atoms with Crippen molar-refractivity contribution in [3.8, 4) is 0 Å². The van der Waals surface area contributed by atoms with Crippen LogP contribution in [0.4, 0.5) is 4.79 Å². The molecule has 4 atom stereocenters. The highest BCUT2D eigenvalue weighted by atomic mass is 16.7. The zero-order valence-electron chi connectivity index (χ0n) is 15.2. The van der Waals surface area contributed by atoms with Crippen LogP contribution in [0.5, 0.6) is 0 Å². The molecule has 2 aliphatic rings. The molecule has 0 aromatic carbocycles. The van der Waals surface area contributed by atoms with E-state index in [0.29, 0.717) is 5.92 Å². The third-order valence-corrected chi connectivity index (χ3v) is 5.05. The fourth-order valence-corrected chi connectivity index (χ4v) is 3.93. The molecule has 0 unspecified atom stereocenters. The number of hydrogen-bond acceptors (Lipinski definition) is 5. The molecular weight excluding hydrogens is 326 g/mol. The number of hydrogen-bond donors (Lipinski definition) is 2. The molecule has 1 fully saturated rings. The first kappa shape index (κ1) is 19.3. The molecule has 0 spiro atoms. The first-order chi connectivity index (χ1) is 11.6. The number of carbonyl (C=O) groups is 3. The largest absolute Gasteiger partial charge is 0.481 e. The average molecular weight is 353 g/mol. The van der Waals surface area contributed by atoms with Gasteiger partial charge < -0.3 is 19.9 Å². The zero-order valence-corrected chi connectivity index (χ0v) is 15.2. The van der Waals surface area contributed by atoms with Gasteiger partial charge in [0, 0.05) is 18.9 Å². The van der Waals surface area contributed by atoms with Crippen molar-refractivity contribution in [2.24, 2.45) is 23.2 Å². The van der Waals surface area contributed by atoms with Gasteiger partial charge in [0.1, 0.15) is 0 Å². The van der Waals surface area contributed by atoms with E-state index in [0.717, 1.165) is 12.8 Å². The quantitative estimate of drug-likeness (QED) is 0.414. The molecule has 2 aliphatic carbocycles. The number of nitrogens with one attached hydrogen (secondary N) is 1. The molecule has 7 heteroatoms. The van der Waals surface area contributed by atoms with Crippen LogP contribution in [0.25, 0.3) is 0 Å². The van der Waals surface area contributed by atoms with Gasteiger partial charge in [0.15, 0.2) is 0 Å². The van der Waals surface area contributed by atoms with Crippen molar-refractivity contribution in [1.29, 1.82) is 0 Å². The zero-order chi connectivity index (χ0) is 18.8. The van der Waals surface area contributed by atoms with Crippen molar-refractivity contribution in [3.63, 3.8) is 0 Å². The second kappa shape index (κ2) is 7.45. The maximum absolute atomic E-state index is 11.9. The number of fused-ring (bicyclic) bond motifs is 1. The highest BCUT2D eigenvalue weighted by molar-refractivity contribution is 5.72. The normalized spacial score (nSPS) is 28.4. The van der Waals surface area contributed by atoms with E-state index < -0.39 is 29.7 Å². The van der Waals surface area contributed by atoms with Crippen molar-refractivity contribution in [3.05, 3.63) is 11.6 Å². The molecule has 1 saturated carbocycles. The number of alkyl carbamates (subject to hydrolysis) is 1. The van der Waals surface area contributed by atoms with Crippen molar-refractivity contribution in [2.75, 3.05) is 6.54 Å². The standard InChI is InChI=1S/C18H27NO6/c1-10(2)16(22)24-12(4)25-17(23)19-9-18(8-15(20)21)7-13-5-11(3)6-14(13)18/h6,10,12-14H,5,7-9H2,1-4H3,(H,19,23)(H,20,21)/t12-,13+,14-,18-/m0/s1. The molecule has 2 N–H and O–H groups in total. The van der Waals surface area contributed by atoms with Gasteiger partial charge in [-0.3, -0.25) is 9.59 Å². The van der Waals surface area contributed by atoms with Crippen LogP contribution in [-0.2, 0) is 19.1 Å². The fraction of sp³-hybridized carbons (Fsp3) is 0.722. The van der Waals surface area contributed by atoms with E-state index in [4.69, 9.17) is 9.47 Å². The minimum Gasteiger partial charge on any atom is -0.481 e. The van der Waals surface area contributed by atoms with Gasteiger partial charge >= 0.3 is 18.0 Å². The van der Waals surface area contributed by atoms with Gasteiger partial charge in [-0.2, -0.15) is 0 Å². The van der Waals surface area contributed by atoms with Gasteiger partial charge in [-0.15, -0.1) is 0 Å². The molecule has 1 amide bonds. The maximum atomic E-state index is 11.9. The van der Waals surface area contributed by atoms with E-state index in [1.165, 1.54) is 12.5 Å². The van der Waals surface area contributed by atoms with Crippen LogP contribution in [0.2, 0.25) is 0 Å². The van der Waals surface area contributed by atoms with Gasteiger partial charge in [-0.05, 0) is 31.6 Å². The van der Waals surface area contributed by atoms with Crippen molar-refractivity contribution < 1.29 is 29.0 Å². The van der Waals surface area contributed by atoms with Crippen LogP contribution in [0.1, 0.15) is 47.0 Å². The monoisotopic (exact) mass is 353 g/mol. The van der Waals surface area contributed by atoms with E-state index in [-0.39, 0.29) is 24.8 Å². The van der Waals surface area contributed by atoms with Gasteiger partial charge in [-0.1, -0.05) is 25.5 Å². The second-order valence-electron chi connectivity index (χ2n) is 7.56. The highest BCUT2D eigenvalue weighted by Gasteiger charge is 2.55.